The number of fused-ring (bicyclic) bond motifs is 1. The average molecular weight is 293 g/mol. The molecule has 0 fully saturated rings. The second kappa shape index (κ2) is 7.00. The highest BCUT2D eigenvalue weighted by Gasteiger charge is 2.15. The predicted octanol–water partition coefficient (Wildman–Crippen LogP) is 3.36. The van der Waals surface area contributed by atoms with Gasteiger partial charge in [0.05, 0.1) is 5.69 Å². The van der Waals surface area contributed by atoms with Gasteiger partial charge < -0.3 is 10.1 Å². The van der Waals surface area contributed by atoms with Crippen molar-refractivity contribution < 1.29 is 4.74 Å². The van der Waals surface area contributed by atoms with E-state index < -0.39 is 0 Å². The van der Waals surface area contributed by atoms with Gasteiger partial charge in [-0.1, -0.05) is 18.2 Å². The van der Waals surface area contributed by atoms with Crippen molar-refractivity contribution in [3.8, 4) is 5.75 Å². The van der Waals surface area contributed by atoms with Crippen LogP contribution >= 0.6 is 0 Å². The lowest BCUT2D eigenvalue weighted by Gasteiger charge is -2.19. The Bertz CT molecular complexity index is 725. The Morgan fingerprint density at radius 2 is 2.05 bits per heavy atom. The van der Waals surface area contributed by atoms with E-state index in [0.29, 0.717) is 0 Å². The van der Waals surface area contributed by atoms with Crippen LogP contribution in [0.2, 0.25) is 0 Å². The summed E-state index contributed by atoms with van der Waals surface area (Å²) in [5.74, 6) is 0.867. The molecule has 0 amide bonds. The van der Waals surface area contributed by atoms with Crippen molar-refractivity contribution in [1.82, 2.24) is 15.3 Å². The lowest BCUT2D eigenvalue weighted by atomic mass is 10.1. The molecule has 1 aromatic carbocycles. The number of aromatic nitrogens is 2. The van der Waals surface area contributed by atoms with Gasteiger partial charge in [-0.05, 0) is 37.9 Å². The van der Waals surface area contributed by atoms with E-state index in [1.54, 1.807) is 12.4 Å². The Labute approximate surface area is 130 Å². The maximum atomic E-state index is 6.29. The molecule has 22 heavy (non-hydrogen) atoms. The molecule has 112 valence electrons. The van der Waals surface area contributed by atoms with Gasteiger partial charge in [-0.15, -0.1) is 0 Å². The monoisotopic (exact) mass is 293 g/mol. The summed E-state index contributed by atoms with van der Waals surface area (Å²) in [6.45, 7) is 0.869. The van der Waals surface area contributed by atoms with Crippen LogP contribution in [0.4, 0.5) is 0 Å². The second-order valence-corrected chi connectivity index (χ2v) is 5.11. The van der Waals surface area contributed by atoms with Gasteiger partial charge in [0.25, 0.3) is 0 Å². The minimum absolute atomic E-state index is 0.0765. The van der Waals surface area contributed by atoms with Gasteiger partial charge in [-0.3, -0.25) is 9.97 Å². The van der Waals surface area contributed by atoms with E-state index in [2.05, 4.69) is 15.3 Å². The molecule has 0 aliphatic carbocycles. The highest BCUT2D eigenvalue weighted by molar-refractivity contribution is 5.87. The van der Waals surface area contributed by atoms with E-state index in [-0.39, 0.29) is 6.10 Å². The van der Waals surface area contributed by atoms with E-state index in [1.165, 1.54) is 0 Å². The van der Waals surface area contributed by atoms with Crippen LogP contribution in [0.3, 0.4) is 0 Å². The standard InChI is InChI=1S/C18H19N3O/c1-19-11-9-18(16-6-2-3-10-21-16)22-17-7-4-5-14-13-20-12-8-15(14)17/h2-8,10,12-13,18-19H,9,11H2,1H3. The molecule has 0 radical (unpaired) electrons. The lowest BCUT2D eigenvalue weighted by molar-refractivity contribution is 0.193. The molecule has 3 rings (SSSR count). The summed E-state index contributed by atoms with van der Waals surface area (Å²) in [6, 6.07) is 13.9. The predicted molar refractivity (Wildman–Crippen MR) is 87.9 cm³/mol. The van der Waals surface area contributed by atoms with Crippen molar-refractivity contribution in [2.24, 2.45) is 0 Å². The average Bonchev–Trinajstić information content (AvgIpc) is 2.59. The van der Waals surface area contributed by atoms with Crippen molar-refractivity contribution in [2.45, 2.75) is 12.5 Å². The SMILES string of the molecule is CNCCC(Oc1cccc2cnccc12)c1ccccn1. The Morgan fingerprint density at radius 1 is 1.09 bits per heavy atom. The number of nitrogens with one attached hydrogen (secondary N) is 1. The molecular weight excluding hydrogens is 274 g/mol. The molecule has 0 aliphatic heterocycles. The Morgan fingerprint density at radius 3 is 2.86 bits per heavy atom. The van der Waals surface area contributed by atoms with Gasteiger partial charge in [0.15, 0.2) is 0 Å². The zero-order valence-electron chi connectivity index (χ0n) is 12.6. The minimum atomic E-state index is -0.0765. The first-order chi connectivity index (χ1) is 10.9. The molecule has 0 spiro atoms. The second-order valence-electron chi connectivity index (χ2n) is 5.11. The number of hydrogen-bond acceptors (Lipinski definition) is 4. The molecule has 2 heterocycles. The number of pyridine rings is 2. The van der Waals surface area contributed by atoms with Crippen LogP contribution in [-0.2, 0) is 0 Å². The first-order valence-corrected chi connectivity index (χ1v) is 7.43. The summed E-state index contributed by atoms with van der Waals surface area (Å²) >= 11 is 0. The third kappa shape index (κ3) is 3.23. The largest absolute Gasteiger partial charge is 0.483 e. The van der Waals surface area contributed by atoms with Crippen LogP contribution in [-0.4, -0.2) is 23.6 Å². The van der Waals surface area contributed by atoms with Crippen molar-refractivity contribution in [3.05, 3.63) is 66.7 Å². The summed E-state index contributed by atoms with van der Waals surface area (Å²) in [6.07, 6.45) is 6.23. The fourth-order valence-electron chi connectivity index (χ4n) is 2.46. The van der Waals surface area contributed by atoms with E-state index >= 15 is 0 Å². The van der Waals surface area contributed by atoms with E-state index in [0.717, 1.165) is 35.2 Å². The number of benzene rings is 1. The van der Waals surface area contributed by atoms with Crippen LogP contribution < -0.4 is 10.1 Å². The quantitative estimate of drug-likeness (QED) is 0.757. The van der Waals surface area contributed by atoms with Gasteiger partial charge in [-0.2, -0.15) is 0 Å². The number of nitrogens with zero attached hydrogens (tertiary/aromatic N) is 2. The Balaban J connectivity index is 1.92. The summed E-state index contributed by atoms with van der Waals surface area (Å²) in [5, 5.41) is 5.32. The maximum Gasteiger partial charge on any atom is 0.142 e. The molecule has 0 aliphatic rings. The molecule has 4 nitrogen and oxygen atoms in total. The summed E-state index contributed by atoms with van der Waals surface area (Å²) in [4.78, 5) is 8.61. The van der Waals surface area contributed by atoms with Crippen molar-refractivity contribution in [2.75, 3.05) is 13.6 Å². The van der Waals surface area contributed by atoms with E-state index in [1.807, 2.05) is 55.7 Å². The van der Waals surface area contributed by atoms with Gasteiger partial charge in [0, 0.05) is 35.8 Å². The highest BCUT2D eigenvalue weighted by atomic mass is 16.5. The molecule has 1 N–H and O–H groups in total. The van der Waals surface area contributed by atoms with Crippen LogP contribution in [0.1, 0.15) is 18.2 Å². The van der Waals surface area contributed by atoms with Gasteiger partial charge in [-0.25, -0.2) is 0 Å². The van der Waals surface area contributed by atoms with E-state index in [4.69, 9.17) is 4.74 Å². The summed E-state index contributed by atoms with van der Waals surface area (Å²) in [7, 11) is 1.94. The van der Waals surface area contributed by atoms with Crippen LogP contribution in [0.15, 0.2) is 61.1 Å². The number of rotatable bonds is 6. The minimum Gasteiger partial charge on any atom is -0.483 e. The van der Waals surface area contributed by atoms with Crippen molar-refractivity contribution in [3.63, 3.8) is 0 Å². The van der Waals surface area contributed by atoms with Crippen molar-refractivity contribution in [1.29, 1.82) is 0 Å². The zero-order chi connectivity index (χ0) is 15.2. The molecule has 0 saturated carbocycles. The highest BCUT2D eigenvalue weighted by Crippen LogP contribution is 2.29. The van der Waals surface area contributed by atoms with Crippen LogP contribution in [0, 0.1) is 0 Å². The Hall–Kier alpha value is -2.46. The molecular formula is C18H19N3O. The topological polar surface area (TPSA) is 47.0 Å². The molecule has 2 aromatic heterocycles. The fourth-order valence-corrected chi connectivity index (χ4v) is 2.46. The molecule has 1 unspecified atom stereocenters. The Kier molecular flexibility index (Phi) is 4.61. The number of ether oxygens (including phenoxy) is 1. The van der Waals surface area contributed by atoms with Gasteiger partial charge in [0.2, 0.25) is 0 Å². The normalized spacial score (nSPS) is 12.2. The van der Waals surface area contributed by atoms with Crippen LogP contribution in [0.5, 0.6) is 5.75 Å². The maximum absolute atomic E-state index is 6.29. The van der Waals surface area contributed by atoms with Gasteiger partial charge >= 0.3 is 0 Å². The fraction of sp³-hybridized carbons (Fsp3) is 0.222. The molecule has 4 heteroatoms. The first kappa shape index (κ1) is 14.5. The lowest BCUT2D eigenvalue weighted by Crippen LogP contribution is -2.17. The van der Waals surface area contributed by atoms with Gasteiger partial charge in [0.1, 0.15) is 11.9 Å². The first-order valence-electron chi connectivity index (χ1n) is 7.43. The molecule has 0 bridgehead atoms. The third-order valence-corrected chi connectivity index (χ3v) is 3.58. The molecule has 1 atom stereocenters. The zero-order valence-corrected chi connectivity index (χ0v) is 12.6. The molecule has 3 aromatic rings. The third-order valence-electron chi connectivity index (χ3n) is 3.58. The summed E-state index contributed by atoms with van der Waals surface area (Å²) < 4.78 is 6.29. The smallest absolute Gasteiger partial charge is 0.142 e. The van der Waals surface area contributed by atoms with Crippen molar-refractivity contribution >= 4 is 10.8 Å². The van der Waals surface area contributed by atoms with Crippen LogP contribution in [0.25, 0.3) is 10.8 Å². The summed E-state index contributed by atoms with van der Waals surface area (Å²) in [5.41, 5.74) is 0.948. The number of hydrogen-bond donors (Lipinski definition) is 1. The van der Waals surface area contributed by atoms with E-state index in [9.17, 15) is 0 Å². The molecule has 0 saturated heterocycles.